The fraction of sp³-hybridized carbons (Fsp3) is 0.750. The molecule has 0 rings (SSSR count). The van der Waals surface area contributed by atoms with Crippen molar-refractivity contribution in [2.45, 2.75) is 78.6 Å². The lowest BCUT2D eigenvalue weighted by Gasteiger charge is -1.91. The van der Waals surface area contributed by atoms with Gasteiger partial charge in [-0.2, -0.15) is 0 Å². The molecule has 0 heterocycles. The molecule has 0 fully saturated rings. The molecule has 0 aromatic carbocycles. The van der Waals surface area contributed by atoms with Gasteiger partial charge in [-0.05, 0) is 32.6 Å². The Morgan fingerprint density at radius 2 is 1.38 bits per heavy atom. The minimum Gasteiger partial charge on any atom is -0.103 e. The second kappa shape index (κ2) is 20.0. The van der Waals surface area contributed by atoms with E-state index in [-0.39, 0.29) is 0 Å². The largest absolute Gasteiger partial charge is 0.103 e. The van der Waals surface area contributed by atoms with E-state index in [1.165, 1.54) is 57.8 Å². The average Bonchev–Trinajstić information content (AvgIpc) is 2.31. The van der Waals surface area contributed by atoms with Crippen molar-refractivity contribution in [2.75, 3.05) is 0 Å². The molecular weight excluding hydrogens is 192 g/mol. The molecule has 0 spiro atoms. The minimum atomic E-state index is 1.19. The molecule has 0 radical (unpaired) electrons. The van der Waals surface area contributed by atoms with Gasteiger partial charge in [0.25, 0.3) is 0 Å². The van der Waals surface area contributed by atoms with Crippen LogP contribution in [0.25, 0.3) is 0 Å². The highest BCUT2D eigenvalue weighted by atomic mass is 13.9. The highest BCUT2D eigenvalue weighted by Gasteiger charge is 1.81. The van der Waals surface area contributed by atoms with Crippen LogP contribution >= 0.6 is 0 Å². The standard InChI is InChI=1S/2C8H16/c2*1-3-5-7-8-6-4-2/h3,5H,4,6-8H2,1-2H3;3H,1,4-8H2,2H3. The molecule has 0 aliphatic rings. The molecule has 0 N–H and O–H groups in total. The second-order valence-corrected chi connectivity index (χ2v) is 4.20. The molecule has 0 saturated heterocycles. The average molecular weight is 224 g/mol. The van der Waals surface area contributed by atoms with Gasteiger partial charge < -0.3 is 0 Å². The monoisotopic (exact) mass is 224 g/mol. The highest BCUT2D eigenvalue weighted by Crippen LogP contribution is 2.01. The van der Waals surface area contributed by atoms with Crippen LogP contribution in [0.4, 0.5) is 0 Å². The van der Waals surface area contributed by atoms with Crippen LogP contribution in [0.1, 0.15) is 78.6 Å². The maximum Gasteiger partial charge on any atom is -0.0351 e. The van der Waals surface area contributed by atoms with Crippen LogP contribution in [0, 0.1) is 0 Å². The van der Waals surface area contributed by atoms with Gasteiger partial charge in [0, 0.05) is 0 Å². The molecule has 0 saturated carbocycles. The van der Waals surface area contributed by atoms with Crippen molar-refractivity contribution in [3.05, 3.63) is 24.8 Å². The molecule has 96 valence electrons. The second-order valence-electron chi connectivity index (χ2n) is 4.20. The Labute approximate surface area is 104 Å². The third kappa shape index (κ3) is 23.4. The topological polar surface area (TPSA) is 0 Å². The lowest BCUT2D eigenvalue weighted by atomic mass is 10.2. The van der Waals surface area contributed by atoms with Gasteiger partial charge >= 0.3 is 0 Å². The van der Waals surface area contributed by atoms with Gasteiger partial charge in [-0.3, -0.25) is 0 Å². The smallest absolute Gasteiger partial charge is 0.0351 e. The van der Waals surface area contributed by atoms with Crippen LogP contribution in [0.2, 0.25) is 0 Å². The summed E-state index contributed by atoms with van der Waals surface area (Å²) in [5.74, 6) is 0. The Morgan fingerprint density at radius 3 is 1.88 bits per heavy atom. The first kappa shape index (κ1) is 17.9. The van der Waals surface area contributed by atoms with Crippen LogP contribution in [0.15, 0.2) is 24.8 Å². The van der Waals surface area contributed by atoms with Crippen LogP contribution in [-0.2, 0) is 0 Å². The molecule has 0 amide bonds. The first-order valence-corrected chi connectivity index (χ1v) is 7.05. The molecule has 0 aromatic rings. The maximum absolute atomic E-state index is 3.66. The Kier molecular flexibility index (Phi) is 22.3. The summed E-state index contributed by atoms with van der Waals surface area (Å²) in [6.07, 6.45) is 18.3. The first-order chi connectivity index (χ1) is 7.83. The van der Waals surface area contributed by atoms with Gasteiger partial charge in [-0.25, -0.2) is 0 Å². The maximum atomic E-state index is 3.66. The number of hydrogen-bond donors (Lipinski definition) is 0. The van der Waals surface area contributed by atoms with E-state index in [1.54, 1.807) is 0 Å². The third-order valence-electron chi connectivity index (χ3n) is 2.47. The van der Waals surface area contributed by atoms with Crippen molar-refractivity contribution in [2.24, 2.45) is 0 Å². The van der Waals surface area contributed by atoms with Crippen molar-refractivity contribution in [3.63, 3.8) is 0 Å². The molecule has 0 unspecified atom stereocenters. The Balaban J connectivity index is 0. The number of rotatable bonds is 9. The van der Waals surface area contributed by atoms with Gasteiger partial charge in [0.15, 0.2) is 0 Å². The summed E-state index contributed by atoms with van der Waals surface area (Å²) in [4.78, 5) is 0. The third-order valence-corrected chi connectivity index (χ3v) is 2.47. The molecule has 0 aliphatic heterocycles. The van der Waals surface area contributed by atoms with Crippen molar-refractivity contribution < 1.29 is 0 Å². The molecule has 0 bridgehead atoms. The molecule has 0 aliphatic carbocycles. The zero-order valence-electron chi connectivity index (χ0n) is 11.8. The number of hydrogen-bond acceptors (Lipinski definition) is 0. The van der Waals surface area contributed by atoms with Crippen LogP contribution < -0.4 is 0 Å². The van der Waals surface area contributed by atoms with Crippen LogP contribution in [0.5, 0.6) is 0 Å². The lowest BCUT2D eigenvalue weighted by Crippen LogP contribution is -1.71. The number of unbranched alkanes of at least 4 members (excludes halogenated alkanes) is 7. The summed E-state index contributed by atoms with van der Waals surface area (Å²) in [7, 11) is 0. The van der Waals surface area contributed by atoms with Crippen molar-refractivity contribution >= 4 is 0 Å². The minimum absolute atomic E-state index is 1.19. The van der Waals surface area contributed by atoms with Crippen molar-refractivity contribution in [3.8, 4) is 0 Å². The van der Waals surface area contributed by atoms with Gasteiger partial charge in [-0.15, -0.1) is 6.58 Å². The van der Waals surface area contributed by atoms with Gasteiger partial charge in [-0.1, -0.05) is 64.2 Å². The van der Waals surface area contributed by atoms with E-state index in [9.17, 15) is 0 Å². The summed E-state index contributed by atoms with van der Waals surface area (Å²) < 4.78 is 0. The molecule has 0 aromatic heterocycles. The van der Waals surface area contributed by atoms with Crippen LogP contribution in [0.3, 0.4) is 0 Å². The number of allylic oxidation sites excluding steroid dienone is 3. The molecule has 0 nitrogen and oxygen atoms in total. The Hall–Kier alpha value is -0.520. The molecule has 16 heavy (non-hydrogen) atoms. The SMILES string of the molecule is C=CCCCCCC.CC=CCCCCC. The van der Waals surface area contributed by atoms with Crippen molar-refractivity contribution in [1.29, 1.82) is 0 Å². The van der Waals surface area contributed by atoms with Gasteiger partial charge in [0.05, 0.1) is 0 Å². The van der Waals surface area contributed by atoms with E-state index in [4.69, 9.17) is 0 Å². The fourth-order valence-electron chi connectivity index (χ4n) is 1.39. The molecular formula is C16H32. The Morgan fingerprint density at radius 1 is 0.812 bits per heavy atom. The molecule has 0 atom stereocenters. The highest BCUT2D eigenvalue weighted by molar-refractivity contribution is 4.75. The zero-order chi connectivity index (χ0) is 12.5. The lowest BCUT2D eigenvalue weighted by molar-refractivity contribution is 0.675. The van der Waals surface area contributed by atoms with Crippen LogP contribution in [-0.4, -0.2) is 0 Å². The van der Waals surface area contributed by atoms with E-state index in [1.807, 2.05) is 6.08 Å². The normalized spacial score (nSPS) is 9.94. The van der Waals surface area contributed by atoms with E-state index >= 15 is 0 Å². The molecule has 0 heteroatoms. The van der Waals surface area contributed by atoms with E-state index in [2.05, 4.69) is 39.5 Å². The van der Waals surface area contributed by atoms with Crippen molar-refractivity contribution in [1.82, 2.24) is 0 Å². The first-order valence-electron chi connectivity index (χ1n) is 7.05. The fourth-order valence-corrected chi connectivity index (χ4v) is 1.39. The summed E-state index contributed by atoms with van der Waals surface area (Å²) in [6.45, 7) is 10.2. The predicted octanol–water partition coefficient (Wildman–Crippen LogP) is 6.29. The van der Waals surface area contributed by atoms with E-state index < -0.39 is 0 Å². The zero-order valence-corrected chi connectivity index (χ0v) is 11.8. The van der Waals surface area contributed by atoms with Gasteiger partial charge in [0.1, 0.15) is 0 Å². The summed E-state index contributed by atoms with van der Waals surface area (Å²) in [5.41, 5.74) is 0. The summed E-state index contributed by atoms with van der Waals surface area (Å²) in [6, 6.07) is 0. The van der Waals surface area contributed by atoms with E-state index in [0.29, 0.717) is 0 Å². The summed E-state index contributed by atoms with van der Waals surface area (Å²) >= 11 is 0. The quantitative estimate of drug-likeness (QED) is 0.319. The van der Waals surface area contributed by atoms with E-state index in [0.717, 1.165) is 0 Å². The predicted molar refractivity (Wildman–Crippen MR) is 77.9 cm³/mol. The Bertz CT molecular complexity index is 133. The summed E-state index contributed by atoms with van der Waals surface area (Å²) in [5, 5.41) is 0. The van der Waals surface area contributed by atoms with Gasteiger partial charge in [0.2, 0.25) is 0 Å².